The van der Waals surface area contributed by atoms with Crippen molar-refractivity contribution in [2.24, 2.45) is 0 Å². The van der Waals surface area contributed by atoms with Crippen LogP contribution in [0.3, 0.4) is 0 Å². The summed E-state index contributed by atoms with van der Waals surface area (Å²) in [6.45, 7) is 0. The first-order valence-corrected chi connectivity index (χ1v) is 30.0. The zero-order chi connectivity index (χ0) is 56.8. The van der Waals surface area contributed by atoms with Crippen LogP contribution in [0.1, 0.15) is 55.6 Å². The number of hydrogen-bond acceptors (Lipinski definition) is 0. The van der Waals surface area contributed by atoms with Gasteiger partial charge in [-0.3, -0.25) is 0 Å². The largest absolute Gasteiger partial charge is 0.0823 e. The van der Waals surface area contributed by atoms with Crippen molar-refractivity contribution in [3.8, 4) is 0 Å². The molecule has 0 saturated carbocycles. The molecule has 2 radical (unpaired) electrons. The molecule has 76 heavy (non-hydrogen) atoms. The van der Waals surface area contributed by atoms with Crippen molar-refractivity contribution in [1.29, 1.82) is 0 Å². The van der Waals surface area contributed by atoms with E-state index in [1.54, 1.807) is 48.6 Å². The average molecular weight is 1580 g/mol. The summed E-state index contributed by atoms with van der Waals surface area (Å²) in [4.78, 5) is 0. The topological polar surface area (TPSA) is 0 Å². The van der Waals surface area contributed by atoms with Gasteiger partial charge in [-0.25, -0.2) is 0 Å². The molecule has 0 atom stereocenters. The van der Waals surface area contributed by atoms with Crippen LogP contribution in [0.4, 0.5) is 0 Å². The predicted octanol–water partition coefficient (Wildman–Crippen LogP) is 30.4. The lowest BCUT2D eigenvalue weighted by atomic mass is 9.84. The molecule has 0 aromatic heterocycles. The van der Waals surface area contributed by atoms with Crippen LogP contribution in [-0.2, 0) is 0 Å². The third-order valence-electron chi connectivity index (χ3n) is 10.7. The zero-order valence-electron chi connectivity index (χ0n) is 35.2. The zero-order valence-corrected chi connectivity index (χ0v) is 56.4. The molecule has 0 aliphatic carbocycles. The summed E-state index contributed by atoms with van der Waals surface area (Å²) in [7, 11) is 0. The highest BCUT2D eigenvalue weighted by Gasteiger charge is 2.40. The second kappa shape index (κ2) is 26.4. The standard InChI is InChI=1S/C48H8Cl28/c49-21-11(22(50)26(54)15(25(21)53)13(17-29(57)37(65)45(73)38(66)30(17)58)18-31(59)39(67)46(74)40(68)32(18)60)6-4-9-2-1-3-10(8-9)5-7-12-23(51)27(55)16(28(56)24(12)52)14(19-33(61)41(69)47(75)42(70)34(19)62)20-35(63)43(71)48(76)44(72)36(20)64/h1-8H/b6-4+,7-5+. The number of halogens is 28. The highest BCUT2D eigenvalue weighted by atomic mass is 35.5. The minimum Gasteiger partial charge on any atom is -0.0823 e. The van der Waals surface area contributed by atoms with Crippen LogP contribution in [0.25, 0.3) is 24.3 Å². The van der Waals surface area contributed by atoms with E-state index in [0.717, 1.165) is 0 Å². The van der Waals surface area contributed by atoms with Gasteiger partial charge in [-0.2, -0.15) is 0 Å². The van der Waals surface area contributed by atoms with Crippen LogP contribution in [-0.4, -0.2) is 0 Å². The average Bonchev–Trinajstić information content (AvgIpc) is 3.39. The van der Waals surface area contributed by atoms with Crippen molar-refractivity contribution < 1.29 is 0 Å². The van der Waals surface area contributed by atoms with Crippen LogP contribution >= 0.6 is 325 Å². The fourth-order valence-corrected chi connectivity index (χ4v) is 14.9. The Bertz CT molecular complexity index is 3160. The van der Waals surface area contributed by atoms with Crippen LogP contribution in [0.15, 0.2) is 24.3 Å². The van der Waals surface area contributed by atoms with Crippen LogP contribution in [0.5, 0.6) is 0 Å². The smallest absolute Gasteiger partial charge is 0.0809 e. The third-order valence-corrected chi connectivity index (χ3v) is 23.3. The minimum atomic E-state index is -0.231. The van der Waals surface area contributed by atoms with Gasteiger partial charge in [0.25, 0.3) is 0 Å². The molecule has 0 bridgehead atoms. The van der Waals surface area contributed by atoms with E-state index in [9.17, 15) is 0 Å². The highest BCUT2D eigenvalue weighted by molar-refractivity contribution is 6.60. The molecule has 0 saturated heterocycles. The van der Waals surface area contributed by atoms with Crippen LogP contribution in [0, 0.1) is 11.8 Å². The molecule has 28 heteroatoms. The Kier molecular flexibility index (Phi) is 22.8. The van der Waals surface area contributed by atoms with Gasteiger partial charge in [0.2, 0.25) is 0 Å². The molecule has 0 fully saturated rings. The van der Waals surface area contributed by atoms with E-state index in [2.05, 4.69) is 0 Å². The Labute approximate surface area is 573 Å². The molecular weight excluding hydrogens is 1570 g/mol. The predicted molar refractivity (Wildman–Crippen MR) is 344 cm³/mol. The van der Waals surface area contributed by atoms with Crippen molar-refractivity contribution in [3.63, 3.8) is 0 Å². The lowest BCUT2D eigenvalue weighted by molar-refractivity contribution is 1.23. The highest BCUT2D eigenvalue weighted by Crippen LogP contribution is 2.60. The maximum atomic E-state index is 7.12. The van der Waals surface area contributed by atoms with Crippen LogP contribution < -0.4 is 0 Å². The molecule has 0 heterocycles. The molecule has 0 spiro atoms. The Morgan fingerprint density at radius 1 is 0.197 bits per heavy atom. The summed E-state index contributed by atoms with van der Waals surface area (Å²) < 4.78 is 0. The van der Waals surface area contributed by atoms with E-state index in [4.69, 9.17) is 325 Å². The lowest BCUT2D eigenvalue weighted by Crippen LogP contribution is -2.12. The van der Waals surface area contributed by atoms with Gasteiger partial charge in [0.05, 0.1) is 152 Å². The fourth-order valence-electron chi connectivity index (χ4n) is 7.20. The fraction of sp³-hybridized carbons (Fsp3) is 0. The van der Waals surface area contributed by atoms with Crippen molar-refractivity contribution in [3.05, 3.63) is 232 Å². The molecular formula is C48H8Cl28. The molecule has 0 unspecified atom stereocenters. The SMILES string of the molecule is Clc1c(Cl)c(Cl)c([C](c2c(Cl)c(Cl)c(Cl)c(Cl)c2Cl)c2c(Cl)c(Cl)c(/C=C/c3cccc(/C=C/c4c(Cl)c(Cl)c([C](c5c(Cl)c(Cl)c(Cl)c(Cl)c5Cl)c5c(Cl)c(Cl)c(Cl)c(Cl)c5Cl)c(Cl)c4Cl)c3)c(Cl)c2Cl)c(Cl)c1Cl. The Morgan fingerprint density at radius 3 is 0.539 bits per heavy atom. The summed E-state index contributed by atoms with van der Waals surface area (Å²) in [6.07, 6.45) is 6.44. The van der Waals surface area contributed by atoms with Crippen molar-refractivity contribution >= 4 is 349 Å². The van der Waals surface area contributed by atoms with E-state index >= 15 is 0 Å². The van der Waals surface area contributed by atoms with Gasteiger partial charge in [-0.1, -0.05) is 367 Å². The van der Waals surface area contributed by atoms with Gasteiger partial charge in [0, 0.05) is 44.5 Å². The quantitative estimate of drug-likeness (QED) is 0.0554. The van der Waals surface area contributed by atoms with E-state index in [-0.39, 0.29) is 197 Å². The molecule has 0 nitrogen and oxygen atoms in total. The van der Waals surface area contributed by atoms with E-state index in [0.29, 0.717) is 11.1 Å². The van der Waals surface area contributed by atoms with Gasteiger partial charge in [0.15, 0.2) is 0 Å². The molecule has 0 aliphatic heterocycles. The number of hydrogen-bond donors (Lipinski definition) is 0. The van der Waals surface area contributed by atoms with E-state index in [1.165, 1.54) is 0 Å². The maximum Gasteiger partial charge on any atom is 0.0809 e. The summed E-state index contributed by atoms with van der Waals surface area (Å²) in [5, 5.41) is -5.51. The Morgan fingerprint density at radius 2 is 0.355 bits per heavy atom. The first kappa shape index (κ1) is 65.7. The van der Waals surface area contributed by atoms with Crippen LogP contribution in [0.2, 0.25) is 141 Å². The molecule has 7 aromatic rings. The normalized spacial score (nSPS) is 12.1. The summed E-state index contributed by atoms with van der Waals surface area (Å²) >= 11 is 189. The molecule has 7 rings (SSSR count). The second-order valence-electron chi connectivity index (χ2n) is 15.0. The van der Waals surface area contributed by atoms with E-state index < -0.39 is 0 Å². The Hall–Kier alpha value is 2.14. The monoisotopic (exact) mass is 1560 g/mol. The van der Waals surface area contributed by atoms with Gasteiger partial charge in [-0.15, -0.1) is 0 Å². The van der Waals surface area contributed by atoms with Crippen molar-refractivity contribution in [2.75, 3.05) is 0 Å². The minimum absolute atomic E-state index is 0.100. The molecule has 0 N–H and O–H groups in total. The molecule has 0 aliphatic rings. The molecule has 396 valence electrons. The first-order valence-electron chi connectivity index (χ1n) is 19.4. The van der Waals surface area contributed by atoms with Gasteiger partial charge < -0.3 is 0 Å². The summed E-state index contributed by atoms with van der Waals surface area (Å²) in [6, 6.07) is 7.06. The number of rotatable bonds is 10. The van der Waals surface area contributed by atoms with Gasteiger partial charge in [-0.05, 0) is 17.2 Å². The maximum absolute atomic E-state index is 7.12. The second-order valence-corrected chi connectivity index (χ2v) is 25.5. The van der Waals surface area contributed by atoms with Crippen molar-refractivity contribution in [2.45, 2.75) is 0 Å². The molecule has 7 aromatic carbocycles. The number of benzene rings is 7. The summed E-state index contributed by atoms with van der Waals surface area (Å²) in [5.74, 6) is -0.211. The Balaban J connectivity index is 1.33. The summed E-state index contributed by atoms with van der Waals surface area (Å²) in [5.41, 5.74) is 0.901. The first-order chi connectivity index (χ1) is 35.4. The van der Waals surface area contributed by atoms with Gasteiger partial charge >= 0.3 is 0 Å². The molecule has 0 amide bonds. The third kappa shape index (κ3) is 11.9. The van der Waals surface area contributed by atoms with Gasteiger partial charge in [0.1, 0.15) is 0 Å². The van der Waals surface area contributed by atoms with E-state index in [1.807, 2.05) is 0 Å². The lowest BCUT2D eigenvalue weighted by Gasteiger charge is -2.28. The van der Waals surface area contributed by atoms with Crippen molar-refractivity contribution in [1.82, 2.24) is 0 Å².